The van der Waals surface area contributed by atoms with Crippen LogP contribution < -0.4 is 20.0 Å². The molecule has 0 radical (unpaired) electrons. The summed E-state index contributed by atoms with van der Waals surface area (Å²) in [6.07, 6.45) is 1.86. The van der Waals surface area contributed by atoms with Gasteiger partial charge in [0.05, 0.1) is 23.7 Å². The molecule has 0 amide bonds. The van der Waals surface area contributed by atoms with E-state index in [0.717, 1.165) is 29.6 Å². The maximum absolute atomic E-state index is 11.7. The highest BCUT2D eigenvalue weighted by Gasteiger charge is 2.39. The number of nitro groups is 1. The Morgan fingerprint density at radius 1 is 1.18 bits per heavy atom. The second-order valence-electron chi connectivity index (χ2n) is 8.11. The molecule has 9 heteroatoms. The number of hydrogen-bond acceptors (Lipinski definition) is 7. The Kier molecular flexibility index (Phi) is 5.57. The van der Waals surface area contributed by atoms with Crippen molar-refractivity contribution in [1.29, 1.82) is 0 Å². The predicted octanol–water partition coefficient (Wildman–Crippen LogP) is 2.32. The number of nitrogens with one attached hydrogen (secondary N) is 1. The van der Waals surface area contributed by atoms with Crippen LogP contribution >= 0.6 is 0 Å². The van der Waals surface area contributed by atoms with Crippen LogP contribution in [-0.4, -0.2) is 37.8 Å². The maximum Gasteiger partial charge on any atom is 0.336 e. The van der Waals surface area contributed by atoms with Crippen LogP contribution in [0, 0.1) is 17.0 Å². The summed E-state index contributed by atoms with van der Waals surface area (Å²) in [6.45, 7) is 4.89. The second kappa shape index (κ2) is 8.68. The van der Waals surface area contributed by atoms with Gasteiger partial charge in [0.25, 0.3) is 5.69 Å². The number of ether oxygens (including phenoxy) is 3. The normalized spacial score (nSPS) is 19.4. The Hall–Kier alpha value is -3.69. The second-order valence-corrected chi connectivity index (χ2v) is 8.11. The Bertz CT molecular complexity index is 1310. The fraction of sp³-hybridized carbons (Fsp3) is 0.292. The number of non-ortho nitro benzene ring substituents is 1. The largest absolute Gasteiger partial charge is 0.489 e. The van der Waals surface area contributed by atoms with Crippen LogP contribution in [0.4, 0.5) is 5.69 Å². The number of morpholine rings is 1. The molecule has 9 nitrogen and oxygen atoms in total. The Morgan fingerprint density at radius 2 is 2.00 bits per heavy atom. The zero-order valence-corrected chi connectivity index (χ0v) is 18.0. The third-order valence-corrected chi connectivity index (χ3v) is 6.03. The fourth-order valence-electron chi connectivity index (χ4n) is 4.43. The van der Waals surface area contributed by atoms with Gasteiger partial charge in [0.2, 0.25) is 0 Å². The van der Waals surface area contributed by atoms with E-state index in [2.05, 4.69) is 0 Å². The highest BCUT2D eigenvalue weighted by molar-refractivity contribution is 5.81. The minimum Gasteiger partial charge on any atom is -0.489 e. The third kappa shape index (κ3) is 4.20. The molecule has 0 bridgehead atoms. The molecule has 1 N–H and O–H groups in total. The van der Waals surface area contributed by atoms with Gasteiger partial charge < -0.3 is 23.5 Å². The van der Waals surface area contributed by atoms with Crippen molar-refractivity contribution >= 4 is 16.7 Å². The number of fused-ring (bicyclic) bond motifs is 2. The fourth-order valence-corrected chi connectivity index (χ4v) is 4.43. The molecule has 0 aliphatic carbocycles. The smallest absolute Gasteiger partial charge is 0.336 e. The van der Waals surface area contributed by atoms with Gasteiger partial charge in [0.1, 0.15) is 36.8 Å². The van der Waals surface area contributed by atoms with Crippen LogP contribution in [-0.2, 0) is 4.74 Å². The van der Waals surface area contributed by atoms with Crippen LogP contribution in [0.3, 0.4) is 0 Å². The van der Waals surface area contributed by atoms with E-state index in [1.54, 1.807) is 18.2 Å². The quantitative estimate of drug-likeness (QED) is 0.361. The molecule has 5 rings (SSSR count). The molecule has 1 aromatic heterocycles. The van der Waals surface area contributed by atoms with Crippen molar-refractivity contribution in [2.45, 2.75) is 13.0 Å². The average molecular weight is 451 g/mol. The molecule has 2 aliphatic heterocycles. The van der Waals surface area contributed by atoms with E-state index in [1.165, 1.54) is 17.0 Å². The first-order chi connectivity index (χ1) is 16.0. The monoisotopic (exact) mass is 451 g/mol. The van der Waals surface area contributed by atoms with Crippen LogP contribution in [0.15, 0.2) is 63.5 Å². The van der Waals surface area contributed by atoms with E-state index in [4.69, 9.17) is 18.6 Å². The van der Waals surface area contributed by atoms with Gasteiger partial charge >= 0.3 is 5.63 Å². The highest BCUT2D eigenvalue weighted by atomic mass is 16.6. The van der Waals surface area contributed by atoms with Gasteiger partial charge in [-0.2, -0.15) is 0 Å². The van der Waals surface area contributed by atoms with Crippen LogP contribution in [0.2, 0.25) is 0 Å². The average Bonchev–Trinajstić information content (AvgIpc) is 3.16. The van der Waals surface area contributed by atoms with E-state index in [-0.39, 0.29) is 18.3 Å². The standard InChI is InChI=1S/C24H22N2O7/c1-15-12-23(27)33-22-14-17(3-4-18(15)22)31-9-6-21-24(25-7-10-30-11-8-25)19-13-16(26(28)29)2-5-20(19)32-21/h2-6,12-14,24H,7-11H2,1H3/p+1/b21-6+/t24-/m1/s1. The number of nitrogens with zero attached hydrogens (tertiary/aromatic N) is 1. The lowest BCUT2D eigenvalue weighted by Crippen LogP contribution is -3.14. The zero-order chi connectivity index (χ0) is 22.9. The van der Waals surface area contributed by atoms with Crippen molar-refractivity contribution in [1.82, 2.24) is 0 Å². The third-order valence-electron chi connectivity index (χ3n) is 6.03. The number of nitro benzene ring substituents is 1. The van der Waals surface area contributed by atoms with Gasteiger partial charge in [0.15, 0.2) is 11.8 Å². The van der Waals surface area contributed by atoms with Crippen molar-refractivity contribution in [3.63, 3.8) is 0 Å². The van der Waals surface area contributed by atoms with Crippen LogP contribution in [0.5, 0.6) is 11.5 Å². The van der Waals surface area contributed by atoms with Gasteiger partial charge in [-0.3, -0.25) is 10.1 Å². The van der Waals surface area contributed by atoms with Crippen molar-refractivity contribution in [2.24, 2.45) is 0 Å². The summed E-state index contributed by atoms with van der Waals surface area (Å²) in [4.78, 5) is 23.8. The van der Waals surface area contributed by atoms with Crippen molar-refractivity contribution in [3.05, 3.63) is 86.0 Å². The van der Waals surface area contributed by atoms with Gasteiger partial charge in [-0.1, -0.05) is 0 Å². The molecule has 1 saturated heterocycles. The first kappa shape index (κ1) is 21.2. The summed E-state index contributed by atoms with van der Waals surface area (Å²) in [5.41, 5.74) is 1.76. The molecule has 2 aliphatic rings. The van der Waals surface area contributed by atoms with E-state index < -0.39 is 10.5 Å². The molecule has 3 aromatic rings. The van der Waals surface area contributed by atoms with Gasteiger partial charge in [-0.05, 0) is 36.8 Å². The van der Waals surface area contributed by atoms with Crippen molar-refractivity contribution < 1.29 is 28.5 Å². The van der Waals surface area contributed by atoms with Gasteiger partial charge in [0, 0.05) is 29.7 Å². The van der Waals surface area contributed by atoms with E-state index >= 15 is 0 Å². The molecule has 0 unspecified atom stereocenters. The molecule has 2 aromatic carbocycles. The lowest BCUT2D eigenvalue weighted by molar-refractivity contribution is -0.933. The first-order valence-electron chi connectivity index (χ1n) is 10.8. The zero-order valence-electron chi connectivity index (χ0n) is 18.0. The minimum absolute atomic E-state index is 0.0421. The first-order valence-corrected chi connectivity index (χ1v) is 10.8. The topological polar surface area (TPSA) is 105 Å². The summed E-state index contributed by atoms with van der Waals surface area (Å²) in [6, 6.07) is 11.4. The molecule has 170 valence electrons. The summed E-state index contributed by atoms with van der Waals surface area (Å²) in [7, 11) is 0. The van der Waals surface area contributed by atoms with Crippen LogP contribution in [0.25, 0.3) is 11.0 Å². The van der Waals surface area contributed by atoms with E-state index in [9.17, 15) is 14.9 Å². The minimum atomic E-state index is -0.401. The Morgan fingerprint density at radius 3 is 2.79 bits per heavy atom. The summed E-state index contributed by atoms with van der Waals surface area (Å²) in [5, 5.41) is 12.2. The molecule has 1 fully saturated rings. The van der Waals surface area contributed by atoms with Crippen LogP contribution in [0.1, 0.15) is 17.2 Å². The number of quaternary nitrogens is 1. The Balaban J connectivity index is 1.40. The van der Waals surface area contributed by atoms with Gasteiger partial charge in [-0.25, -0.2) is 4.79 Å². The predicted molar refractivity (Wildman–Crippen MR) is 119 cm³/mol. The maximum atomic E-state index is 11.7. The number of benzene rings is 2. The molecular formula is C24H23N2O7+. The SMILES string of the molecule is Cc1cc(=O)oc2cc(OC/C=C3/Oc4ccc([N+](=O)[O-])cc4[C@H]3[NH+]3CCOCC3)ccc12. The van der Waals surface area contributed by atoms with Crippen molar-refractivity contribution in [2.75, 3.05) is 32.9 Å². The van der Waals surface area contributed by atoms with E-state index in [0.29, 0.717) is 36.1 Å². The molecule has 3 heterocycles. The van der Waals surface area contributed by atoms with Gasteiger partial charge in [-0.15, -0.1) is 0 Å². The summed E-state index contributed by atoms with van der Waals surface area (Å²) in [5.74, 6) is 1.89. The lowest BCUT2D eigenvalue weighted by atomic mass is 10.0. The van der Waals surface area contributed by atoms with E-state index in [1.807, 2.05) is 25.1 Å². The van der Waals surface area contributed by atoms with Crippen molar-refractivity contribution in [3.8, 4) is 11.5 Å². The highest BCUT2D eigenvalue weighted by Crippen LogP contribution is 2.39. The number of aryl methyl sites for hydroxylation is 1. The number of hydrogen-bond donors (Lipinski definition) is 1. The lowest BCUT2D eigenvalue weighted by Gasteiger charge is -2.29. The molecule has 0 saturated carbocycles. The Labute approximate surface area is 188 Å². The molecule has 1 atom stereocenters. The summed E-state index contributed by atoms with van der Waals surface area (Å²) < 4.78 is 22.8. The summed E-state index contributed by atoms with van der Waals surface area (Å²) >= 11 is 0. The molecular weight excluding hydrogens is 428 g/mol. The molecule has 33 heavy (non-hydrogen) atoms. The molecule has 0 spiro atoms. The number of rotatable bonds is 5.